The van der Waals surface area contributed by atoms with Gasteiger partial charge >= 0.3 is 0 Å². The number of pyridine rings is 1. The minimum Gasteiger partial charge on any atom is -0.373 e. The third-order valence-corrected chi connectivity index (χ3v) is 3.36. The lowest BCUT2D eigenvalue weighted by molar-refractivity contribution is 0.580. The smallest absolute Gasteiger partial charge is 0.258 e. The molecule has 1 aromatic rings. The summed E-state index contributed by atoms with van der Waals surface area (Å²) in [4.78, 5) is 3.89. The number of rotatable bonds is 5. The summed E-state index contributed by atoms with van der Waals surface area (Å²) in [5, 5.41) is 3.02. The Bertz CT molecular complexity index is 512. The molecule has 0 aliphatic carbocycles. The van der Waals surface area contributed by atoms with Gasteiger partial charge in [-0.05, 0) is 19.1 Å². The van der Waals surface area contributed by atoms with Gasteiger partial charge < -0.3 is 5.32 Å². The van der Waals surface area contributed by atoms with Gasteiger partial charge in [0.05, 0.1) is 18.4 Å². The van der Waals surface area contributed by atoms with Crippen molar-refractivity contribution in [2.75, 3.05) is 18.4 Å². The van der Waals surface area contributed by atoms with Crippen LogP contribution in [-0.2, 0) is 10.0 Å². The molecule has 0 atom stereocenters. The van der Waals surface area contributed by atoms with Crippen molar-refractivity contribution in [2.45, 2.75) is 18.9 Å². The molecular formula is C11H15N3O2S. The highest BCUT2D eigenvalue weighted by atomic mass is 32.2. The van der Waals surface area contributed by atoms with E-state index in [9.17, 15) is 8.42 Å². The standard InChI is InChI=1S/C11H15N3O2S/c1-3-5-8-12-10-6-7-11(13-9-10)17(15,16)14-4-2/h6-7,9,12,14H,4,8H2,1-2H3. The van der Waals surface area contributed by atoms with Crippen LogP contribution in [0.3, 0.4) is 0 Å². The van der Waals surface area contributed by atoms with E-state index in [4.69, 9.17) is 0 Å². The van der Waals surface area contributed by atoms with E-state index < -0.39 is 10.0 Å². The Balaban J connectivity index is 2.76. The van der Waals surface area contributed by atoms with Crippen LogP contribution in [0.15, 0.2) is 23.4 Å². The van der Waals surface area contributed by atoms with Gasteiger partial charge in [0, 0.05) is 6.54 Å². The van der Waals surface area contributed by atoms with Crippen molar-refractivity contribution >= 4 is 15.7 Å². The van der Waals surface area contributed by atoms with Gasteiger partial charge in [0.1, 0.15) is 0 Å². The quantitative estimate of drug-likeness (QED) is 0.762. The molecule has 0 bridgehead atoms. The Labute approximate surface area is 102 Å². The van der Waals surface area contributed by atoms with Gasteiger partial charge in [-0.15, -0.1) is 5.92 Å². The second-order valence-electron chi connectivity index (χ2n) is 3.17. The molecule has 92 valence electrons. The molecule has 17 heavy (non-hydrogen) atoms. The molecule has 0 saturated heterocycles. The molecule has 0 amide bonds. The Morgan fingerprint density at radius 2 is 2.18 bits per heavy atom. The third-order valence-electron chi connectivity index (χ3n) is 1.90. The molecular weight excluding hydrogens is 238 g/mol. The maximum absolute atomic E-state index is 11.6. The molecule has 6 heteroatoms. The van der Waals surface area contributed by atoms with Crippen molar-refractivity contribution in [3.63, 3.8) is 0 Å². The fourth-order valence-corrected chi connectivity index (χ4v) is 2.11. The van der Waals surface area contributed by atoms with Crippen molar-refractivity contribution in [2.24, 2.45) is 0 Å². The molecule has 2 N–H and O–H groups in total. The average Bonchev–Trinajstić information content (AvgIpc) is 2.30. The van der Waals surface area contributed by atoms with Gasteiger partial charge in [0.2, 0.25) is 0 Å². The number of hydrogen-bond acceptors (Lipinski definition) is 4. The van der Waals surface area contributed by atoms with E-state index in [-0.39, 0.29) is 5.03 Å². The van der Waals surface area contributed by atoms with Crippen molar-refractivity contribution in [3.05, 3.63) is 18.3 Å². The molecule has 0 saturated carbocycles. The predicted octanol–water partition coefficient (Wildman–Crippen LogP) is 0.815. The molecule has 0 fully saturated rings. The maximum Gasteiger partial charge on any atom is 0.258 e. The second kappa shape index (κ2) is 6.23. The van der Waals surface area contributed by atoms with Gasteiger partial charge in [0.15, 0.2) is 5.03 Å². The number of nitrogens with zero attached hydrogens (tertiary/aromatic N) is 1. The lowest BCUT2D eigenvalue weighted by Gasteiger charge is -2.05. The van der Waals surface area contributed by atoms with Crippen LogP contribution in [-0.4, -0.2) is 26.5 Å². The number of anilines is 1. The van der Waals surface area contributed by atoms with E-state index in [2.05, 4.69) is 26.9 Å². The average molecular weight is 253 g/mol. The molecule has 5 nitrogen and oxygen atoms in total. The van der Waals surface area contributed by atoms with Gasteiger partial charge in [-0.1, -0.05) is 12.8 Å². The fourth-order valence-electron chi connectivity index (χ4n) is 1.14. The fraction of sp³-hybridized carbons (Fsp3) is 0.364. The van der Waals surface area contributed by atoms with E-state index in [0.29, 0.717) is 13.1 Å². The van der Waals surface area contributed by atoms with E-state index in [1.54, 1.807) is 19.9 Å². The van der Waals surface area contributed by atoms with Crippen LogP contribution in [0.4, 0.5) is 5.69 Å². The molecule has 0 spiro atoms. The highest BCUT2D eigenvalue weighted by Crippen LogP contribution is 2.09. The molecule has 0 unspecified atom stereocenters. The van der Waals surface area contributed by atoms with Crippen molar-refractivity contribution in [1.82, 2.24) is 9.71 Å². The third kappa shape index (κ3) is 4.06. The number of hydrogen-bond donors (Lipinski definition) is 2. The summed E-state index contributed by atoms with van der Waals surface area (Å²) in [5.41, 5.74) is 0.739. The Morgan fingerprint density at radius 1 is 1.41 bits per heavy atom. The monoisotopic (exact) mass is 253 g/mol. The maximum atomic E-state index is 11.6. The Morgan fingerprint density at radius 3 is 2.71 bits per heavy atom. The number of nitrogens with one attached hydrogen (secondary N) is 2. The lowest BCUT2D eigenvalue weighted by atomic mass is 10.4. The molecule has 1 aromatic heterocycles. The number of sulfonamides is 1. The van der Waals surface area contributed by atoms with E-state index >= 15 is 0 Å². The molecule has 0 aliphatic heterocycles. The first kappa shape index (κ1) is 13.5. The molecule has 0 radical (unpaired) electrons. The van der Waals surface area contributed by atoms with Crippen LogP contribution < -0.4 is 10.0 Å². The minimum absolute atomic E-state index is 0.0199. The summed E-state index contributed by atoms with van der Waals surface area (Å²) in [7, 11) is -3.47. The van der Waals surface area contributed by atoms with Crippen molar-refractivity contribution in [1.29, 1.82) is 0 Å². The SMILES string of the molecule is CC#CCNc1ccc(S(=O)(=O)NCC)nc1. The van der Waals surface area contributed by atoms with Crippen LogP contribution in [0, 0.1) is 11.8 Å². The molecule has 1 rings (SSSR count). The van der Waals surface area contributed by atoms with Crippen LogP contribution in [0.2, 0.25) is 0 Å². The summed E-state index contributed by atoms with van der Waals surface area (Å²) >= 11 is 0. The van der Waals surface area contributed by atoms with Crippen LogP contribution in [0.1, 0.15) is 13.8 Å². The van der Waals surface area contributed by atoms with E-state index in [1.165, 1.54) is 12.3 Å². The van der Waals surface area contributed by atoms with Crippen LogP contribution in [0.5, 0.6) is 0 Å². The zero-order valence-electron chi connectivity index (χ0n) is 9.82. The van der Waals surface area contributed by atoms with Gasteiger partial charge in [0.25, 0.3) is 10.0 Å². The van der Waals surface area contributed by atoms with Crippen LogP contribution in [0.25, 0.3) is 0 Å². The summed E-state index contributed by atoms with van der Waals surface area (Å²) < 4.78 is 25.6. The van der Waals surface area contributed by atoms with Crippen molar-refractivity contribution in [3.8, 4) is 11.8 Å². The van der Waals surface area contributed by atoms with Crippen molar-refractivity contribution < 1.29 is 8.42 Å². The zero-order valence-corrected chi connectivity index (χ0v) is 10.6. The van der Waals surface area contributed by atoms with E-state index in [0.717, 1.165) is 5.69 Å². The largest absolute Gasteiger partial charge is 0.373 e. The molecule has 0 aliphatic rings. The topological polar surface area (TPSA) is 71.1 Å². The first-order valence-corrected chi connectivity index (χ1v) is 6.67. The highest BCUT2D eigenvalue weighted by Gasteiger charge is 2.13. The highest BCUT2D eigenvalue weighted by molar-refractivity contribution is 7.89. The Kier molecular flexibility index (Phi) is 4.94. The van der Waals surface area contributed by atoms with Gasteiger partial charge in [-0.2, -0.15) is 0 Å². The van der Waals surface area contributed by atoms with E-state index in [1.807, 2.05) is 0 Å². The lowest BCUT2D eigenvalue weighted by Crippen LogP contribution is -2.24. The summed E-state index contributed by atoms with van der Waals surface area (Å²) in [6.07, 6.45) is 1.47. The zero-order chi connectivity index (χ0) is 12.7. The predicted molar refractivity (Wildman–Crippen MR) is 67.0 cm³/mol. The summed E-state index contributed by atoms with van der Waals surface area (Å²) in [5.74, 6) is 5.59. The molecule has 1 heterocycles. The normalized spacial score (nSPS) is 10.5. The second-order valence-corrected chi connectivity index (χ2v) is 4.88. The minimum atomic E-state index is -3.47. The summed E-state index contributed by atoms with van der Waals surface area (Å²) in [6, 6.07) is 3.12. The number of aromatic nitrogens is 1. The molecule has 0 aromatic carbocycles. The van der Waals surface area contributed by atoms with Gasteiger partial charge in [-0.3, -0.25) is 0 Å². The first-order valence-electron chi connectivity index (χ1n) is 5.19. The Hall–Kier alpha value is -1.58. The first-order chi connectivity index (χ1) is 8.10. The van der Waals surface area contributed by atoms with Gasteiger partial charge in [-0.25, -0.2) is 18.1 Å². The summed E-state index contributed by atoms with van der Waals surface area (Å²) in [6.45, 7) is 4.33. The van der Waals surface area contributed by atoms with Crippen LogP contribution >= 0.6 is 0 Å².